The van der Waals surface area contributed by atoms with Gasteiger partial charge in [0.25, 0.3) is 0 Å². The molecular formula is C8H11FN2. The number of nitrogen functional groups attached to an aromatic ring is 1. The van der Waals surface area contributed by atoms with Gasteiger partial charge in [0.1, 0.15) is 5.82 Å². The van der Waals surface area contributed by atoms with Gasteiger partial charge in [0.05, 0.1) is 5.69 Å². The average molecular weight is 154 g/mol. The van der Waals surface area contributed by atoms with Crippen LogP contribution < -0.4 is 10.6 Å². The number of benzene rings is 1. The summed E-state index contributed by atoms with van der Waals surface area (Å²) in [6, 6.07) is 4.65. The molecule has 1 aromatic rings. The number of halogens is 1. The standard InChI is InChI=1S/C8H11FN2/c1-11(2)8-4-3-6(10)5-7(8)9/h3-5H,10H2,1-2H3. The lowest BCUT2D eigenvalue weighted by atomic mass is 10.2. The van der Waals surface area contributed by atoms with Gasteiger partial charge in [-0.15, -0.1) is 0 Å². The third-order valence-electron chi connectivity index (χ3n) is 1.45. The Morgan fingerprint density at radius 1 is 1.36 bits per heavy atom. The van der Waals surface area contributed by atoms with E-state index in [9.17, 15) is 4.39 Å². The van der Waals surface area contributed by atoms with Crippen LogP contribution in [0.4, 0.5) is 15.8 Å². The van der Waals surface area contributed by atoms with Crippen molar-refractivity contribution in [2.75, 3.05) is 24.7 Å². The average Bonchev–Trinajstić information content (AvgIpc) is 1.85. The largest absolute Gasteiger partial charge is 0.399 e. The van der Waals surface area contributed by atoms with E-state index >= 15 is 0 Å². The minimum Gasteiger partial charge on any atom is -0.399 e. The summed E-state index contributed by atoms with van der Waals surface area (Å²) in [5, 5.41) is 0. The Bertz CT molecular complexity index is 258. The fraction of sp³-hybridized carbons (Fsp3) is 0.250. The molecule has 1 rings (SSSR count). The van der Waals surface area contributed by atoms with Gasteiger partial charge in [-0.2, -0.15) is 0 Å². The molecular weight excluding hydrogens is 143 g/mol. The molecule has 0 fully saturated rings. The summed E-state index contributed by atoms with van der Waals surface area (Å²) in [5.41, 5.74) is 6.38. The van der Waals surface area contributed by atoms with Crippen molar-refractivity contribution < 1.29 is 4.39 Å². The molecule has 0 saturated carbocycles. The maximum Gasteiger partial charge on any atom is 0.148 e. The van der Waals surface area contributed by atoms with E-state index < -0.39 is 0 Å². The van der Waals surface area contributed by atoms with Crippen LogP contribution in [0.2, 0.25) is 0 Å². The van der Waals surface area contributed by atoms with E-state index in [-0.39, 0.29) is 5.82 Å². The summed E-state index contributed by atoms with van der Waals surface area (Å²) in [7, 11) is 3.57. The number of rotatable bonds is 1. The van der Waals surface area contributed by atoms with Gasteiger partial charge in [-0.25, -0.2) is 4.39 Å². The van der Waals surface area contributed by atoms with Crippen molar-refractivity contribution in [1.82, 2.24) is 0 Å². The second-order valence-electron chi connectivity index (χ2n) is 2.61. The third kappa shape index (κ3) is 1.61. The summed E-state index contributed by atoms with van der Waals surface area (Å²) in [6.45, 7) is 0. The van der Waals surface area contributed by atoms with Crippen molar-refractivity contribution in [2.24, 2.45) is 0 Å². The Hall–Kier alpha value is -1.25. The third-order valence-corrected chi connectivity index (χ3v) is 1.45. The number of nitrogens with two attached hydrogens (primary N) is 1. The second kappa shape index (κ2) is 2.78. The zero-order valence-electron chi connectivity index (χ0n) is 6.63. The van der Waals surface area contributed by atoms with E-state index in [1.807, 2.05) is 0 Å². The SMILES string of the molecule is CN(C)c1ccc(N)cc1F. The topological polar surface area (TPSA) is 29.3 Å². The van der Waals surface area contributed by atoms with Crippen LogP contribution >= 0.6 is 0 Å². The smallest absolute Gasteiger partial charge is 0.148 e. The summed E-state index contributed by atoms with van der Waals surface area (Å²) in [5.74, 6) is -0.282. The van der Waals surface area contributed by atoms with Crippen molar-refractivity contribution in [2.45, 2.75) is 0 Å². The van der Waals surface area contributed by atoms with Crippen LogP contribution in [0.3, 0.4) is 0 Å². The molecule has 0 unspecified atom stereocenters. The molecule has 0 aliphatic carbocycles. The van der Waals surface area contributed by atoms with E-state index in [4.69, 9.17) is 5.73 Å². The van der Waals surface area contributed by atoms with Crippen LogP contribution in [0.5, 0.6) is 0 Å². The molecule has 0 saturated heterocycles. The number of nitrogens with zero attached hydrogens (tertiary/aromatic N) is 1. The zero-order chi connectivity index (χ0) is 8.43. The first-order valence-electron chi connectivity index (χ1n) is 3.33. The highest BCUT2D eigenvalue weighted by Crippen LogP contribution is 2.18. The maximum absolute atomic E-state index is 13.0. The molecule has 3 heteroatoms. The fourth-order valence-electron chi connectivity index (χ4n) is 0.886. The summed E-state index contributed by atoms with van der Waals surface area (Å²) >= 11 is 0. The Morgan fingerprint density at radius 3 is 2.45 bits per heavy atom. The molecule has 0 radical (unpaired) electrons. The van der Waals surface area contributed by atoms with Crippen LogP contribution in [-0.4, -0.2) is 14.1 Å². The van der Waals surface area contributed by atoms with Gasteiger partial charge >= 0.3 is 0 Å². The first-order chi connectivity index (χ1) is 5.11. The van der Waals surface area contributed by atoms with Crippen LogP contribution in [-0.2, 0) is 0 Å². The van der Waals surface area contributed by atoms with Gasteiger partial charge < -0.3 is 10.6 Å². The van der Waals surface area contributed by atoms with E-state index in [2.05, 4.69) is 0 Å². The van der Waals surface area contributed by atoms with E-state index in [0.29, 0.717) is 11.4 Å². The van der Waals surface area contributed by atoms with Crippen molar-refractivity contribution in [3.8, 4) is 0 Å². The molecule has 2 N–H and O–H groups in total. The molecule has 0 atom stereocenters. The summed E-state index contributed by atoms with van der Waals surface area (Å²) in [6.07, 6.45) is 0. The molecule has 1 aromatic carbocycles. The lowest BCUT2D eigenvalue weighted by molar-refractivity contribution is 0.627. The molecule has 0 aromatic heterocycles. The van der Waals surface area contributed by atoms with Gasteiger partial charge in [-0.05, 0) is 18.2 Å². The van der Waals surface area contributed by atoms with Crippen molar-refractivity contribution in [1.29, 1.82) is 0 Å². The van der Waals surface area contributed by atoms with Gasteiger partial charge in [0, 0.05) is 19.8 Å². The Labute approximate surface area is 65.4 Å². The molecule has 0 heterocycles. The number of hydrogen-bond acceptors (Lipinski definition) is 2. The Balaban J connectivity index is 3.09. The number of hydrogen-bond donors (Lipinski definition) is 1. The van der Waals surface area contributed by atoms with Gasteiger partial charge in [-0.3, -0.25) is 0 Å². The Morgan fingerprint density at radius 2 is 2.00 bits per heavy atom. The first-order valence-corrected chi connectivity index (χ1v) is 3.33. The van der Waals surface area contributed by atoms with Crippen molar-refractivity contribution >= 4 is 11.4 Å². The highest BCUT2D eigenvalue weighted by molar-refractivity contribution is 5.53. The van der Waals surface area contributed by atoms with Crippen molar-refractivity contribution in [3.63, 3.8) is 0 Å². The lowest BCUT2D eigenvalue weighted by Gasteiger charge is -2.12. The first kappa shape index (κ1) is 7.85. The lowest BCUT2D eigenvalue weighted by Crippen LogP contribution is -2.10. The minimum atomic E-state index is -0.282. The molecule has 0 spiro atoms. The highest BCUT2D eigenvalue weighted by atomic mass is 19.1. The molecule has 0 aliphatic heterocycles. The monoisotopic (exact) mass is 154 g/mol. The van der Waals surface area contributed by atoms with Crippen LogP contribution in [0.1, 0.15) is 0 Å². The Kier molecular flexibility index (Phi) is 1.98. The zero-order valence-corrected chi connectivity index (χ0v) is 6.63. The fourth-order valence-corrected chi connectivity index (χ4v) is 0.886. The molecule has 60 valence electrons. The molecule has 0 aliphatic rings. The molecule has 11 heavy (non-hydrogen) atoms. The van der Waals surface area contributed by atoms with Crippen LogP contribution in [0.25, 0.3) is 0 Å². The van der Waals surface area contributed by atoms with E-state index in [0.717, 1.165) is 0 Å². The normalized spacial score (nSPS) is 9.73. The quantitative estimate of drug-likeness (QED) is 0.621. The predicted octanol–water partition coefficient (Wildman–Crippen LogP) is 1.47. The van der Waals surface area contributed by atoms with Crippen LogP contribution in [0, 0.1) is 5.82 Å². The number of anilines is 2. The predicted molar refractivity (Wildman–Crippen MR) is 45.1 cm³/mol. The molecule has 0 amide bonds. The van der Waals surface area contributed by atoms with Crippen LogP contribution in [0.15, 0.2) is 18.2 Å². The van der Waals surface area contributed by atoms with Gasteiger partial charge in [0.2, 0.25) is 0 Å². The molecule has 0 bridgehead atoms. The van der Waals surface area contributed by atoms with Gasteiger partial charge in [-0.1, -0.05) is 0 Å². The van der Waals surface area contributed by atoms with E-state index in [1.54, 1.807) is 31.1 Å². The molecule has 2 nitrogen and oxygen atoms in total. The summed E-state index contributed by atoms with van der Waals surface area (Å²) < 4.78 is 13.0. The maximum atomic E-state index is 13.0. The highest BCUT2D eigenvalue weighted by Gasteiger charge is 2.02. The van der Waals surface area contributed by atoms with Gasteiger partial charge in [0.15, 0.2) is 0 Å². The second-order valence-corrected chi connectivity index (χ2v) is 2.61. The summed E-state index contributed by atoms with van der Waals surface area (Å²) in [4.78, 5) is 1.70. The van der Waals surface area contributed by atoms with Crippen molar-refractivity contribution in [3.05, 3.63) is 24.0 Å². The van der Waals surface area contributed by atoms with E-state index in [1.165, 1.54) is 6.07 Å². The minimum absolute atomic E-state index is 0.282.